The molecule has 0 radical (unpaired) electrons. The molecule has 0 atom stereocenters. The summed E-state index contributed by atoms with van der Waals surface area (Å²) in [7, 11) is 0. The number of nitro groups is 1. The predicted octanol–water partition coefficient (Wildman–Crippen LogP) is 2.85. The predicted molar refractivity (Wildman–Crippen MR) is 91.8 cm³/mol. The highest BCUT2D eigenvalue weighted by Crippen LogP contribution is 2.33. The number of amides is 3. The Hall–Kier alpha value is -3.03. The standard InChI is InChI=1S/C17H18N4O4/c22-15-17(10-4-1-5-11-17)19-16(23)20(15)18-12-6-8-13-7-2-3-9-14(13)21(24)25/h2-3,6-9,12H,1,4-5,10-11H2,(H,19,23)/b8-6+,18-12-. The maximum absolute atomic E-state index is 12.5. The van der Waals surface area contributed by atoms with Crippen LogP contribution in [0.4, 0.5) is 10.5 Å². The van der Waals surface area contributed by atoms with E-state index in [1.807, 2.05) is 0 Å². The van der Waals surface area contributed by atoms with Gasteiger partial charge in [-0.2, -0.15) is 5.10 Å². The van der Waals surface area contributed by atoms with Crippen molar-refractivity contribution in [3.05, 3.63) is 46.0 Å². The van der Waals surface area contributed by atoms with Gasteiger partial charge in [-0.05, 0) is 31.1 Å². The molecule has 3 amide bonds. The number of rotatable bonds is 4. The summed E-state index contributed by atoms with van der Waals surface area (Å²) in [5.74, 6) is -0.326. The highest BCUT2D eigenvalue weighted by atomic mass is 16.6. The number of benzene rings is 1. The molecule has 1 aliphatic carbocycles. The number of nitrogens with one attached hydrogen (secondary N) is 1. The Morgan fingerprint density at radius 3 is 2.64 bits per heavy atom. The Labute approximate surface area is 144 Å². The minimum absolute atomic E-state index is 0.0247. The Balaban J connectivity index is 1.71. The Morgan fingerprint density at radius 2 is 1.92 bits per heavy atom. The SMILES string of the molecule is O=C1NC2(CCCCC2)C(=O)N1/N=C\C=C\c1ccccc1[N+](=O)[O-]. The van der Waals surface area contributed by atoms with Gasteiger partial charge >= 0.3 is 6.03 Å². The zero-order valence-electron chi connectivity index (χ0n) is 13.6. The molecule has 1 aliphatic heterocycles. The zero-order chi connectivity index (χ0) is 17.9. The zero-order valence-corrected chi connectivity index (χ0v) is 13.6. The van der Waals surface area contributed by atoms with Gasteiger partial charge in [-0.3, -0.25) is 14.9 Å². The van der Waals surface area contributed by atoms with Gasteiger partial charge in [-0.15, -0.1) is 5.01 Å². The van der Waals surface area contributed by atoms with Crippen LogP contribution < -0.4 is 5.32 Å². The number of carbonyl (C=O) groups is 2. The quantitative estimate of drug-likeness (QED) is 0.393. The van der Waals surface area contributed by atoms with Crippen LogP contribution in [0, 0.1) is 10.1 Å². The summed E-state index contributed by atoms with van der Waals surface area (Å²) in [6.45, 7) is 0. The average molecular weight is 342 g/mol. The molecule has 1 N–H and O–H groups in total. The Bertz CT molecular complexity index is 766. The van der Waals surface area contributed by atoms with Crippen LogP contribution in [0.2, 0.25) is 0 Å². The fraction of sp³-hybridized carbons (Fsp3) is 0.353. The van der Waals surface area contributed by atoms with Gasteiger partial charge in [0.1, 0.15) is 5.54 Å². The molecule has 2 fully saturated rings. The lowest BCUT2D eigenvalue weighted by molar-refractivity contribution is -0.385. The van der Waals surface area contributed by atoms with Crippen LogP contribution >= 0.6 is 0 Å². The van der Waals surface area contributed by atoms with Gasteiger partial charge in [0.2, 0.25) is 0 Å². The van der Waals surface area contributed by atoms with E-state index in [-0.39, 0.29) is 11.6 Å². The third-order valence-electron chi connectivity index (χ3n) is 4.52. The van der Waals surface area contributed by atoms with Crippen LogP contribution in [0.1, 0.15) is 37.7 Å². The van der Waals surface area contributed by atoms with Crippen LogP contribution in [0.25, 0.3) is 6.08 Å². The minimum Gasteiger partial charge on any atom is -0.321 e. The van der Waals surface area contributed by atoms with E-state index in [0.29, 0.717) is 18.4 Å². The third kappa shape index (κ3) is 3.28. The molecule has 1 aromatic carbocycles. The van der Waals surface area contributed by atoms with Gasteiger partial charge < -0.3 is 5.32 Å². The molecule has 1 spiro atoms. The molecule has 1 heterocycles. The number of hydrazone groups is 1. The number of carbonyl (C=O) groups excluding carboxylic acids is 2. The van der Waals surface area contributed by atoms with Crippen molar-refractivity contribution in [2.24, 2.45) is 5.10 Å². The number of imide groups is 1. The second-order valence-electron chi connectivity index (χ2n) is 6.13. The first kappa shape index (κ1) is 16.8. The van der Waals surface area contributed by atoms with E-state index in [1.165, 1.54) is 24.4 Å². The lowest BCUT2D eigenvalue weighted by Gasteiger charge is -2.29. The van der Waals surface area contributed by atoms with Crippen molar-refractivity contribution < 1.29 is 14.5 Å². The summed E-state index contributed by atoms with van der Waals surface area (Å²) in [6.07, 6.45) is 8.40. The van der Waals surface area contributed by atoms with Crippen LogP contribution in [-0.4, -0.2) is 33.6 Å². The maximum atomic E-state index is 12.5. The number of hydrogen-bond donors (Lipinski definition) is 1. The molecular formula is C17H18N4O4. The van der Waals surface area contributed by atoms with Crippen molar-refractivity contribution >= 4 is 29.9 Å². The summed E-state index contributed by atoms with van der Waals surface area (Å²) in [4.78, 5) is 35.0. The molecular weight excluding hydrogens is 324 g/mol. The van der Waals surface area contributed by atoms with Crippen molar-refractivity contribution in [1.29, 1.82) is 0 Å². The largest absolute Gasteiger partial charge is 0.346 e. The summed E-state index contributed by atoms with van der Waals surface area (Å²) in [6, 6.07) is 5.75. The number of nitro benzene ring substituents is 1. The molecule has 25 heavy (non-hydrogen) atoms. The van der Waals surface area contributed by atoms with Crippen LogP contribution in [0.5, 0.6) is 0 Å². The van der Waals surface area contributed by atoms with E-state index in [2.05, 4.69) is 10.4 Å². The third-order valence-corrected chi connectivity index (χ3v) is 4.52. The molecule has 0 unspecified atom stereocenters. The van der Waals surface area contributed by atoms with E-state index >= 15 is 0 Å². The molecule has 8 nitrogen and oxygen atoms in total. The smallest absolute Gasteiger partial charge is 0.321 e. The van der Waals surface area contributed by atoms with Gasteiger partial charge in [-0.1, -0.05) is 31.4 Å². The van der Waals surface area contributed by atoms with Crippen LogP contribution in [0.15, 0.2) is 35.4 Å². The molecule has 3 rings (SSSR count). The molecule has 0 bridgehead atoms. The van der Waals surface area contributed by atoms with Gasteiger partial charge in [0.25, 0.3) is 11.6 Å². The van der Waals surface area contributed by atoms with Crippen molar-refractivity contribution in [3.63, 3.8) is 0 Å². The number of nitrogens with zero attached hydrogens (tertiary/aromatic N) is 3. The molecule has 1 saturated carbocycles. The van der Waals surface area contributed by atoms with Gasteiger partial charge in [-0.25, -0.2) is 4.79 Å². The topological polar surface area (TPSA) is 105 Å². The normalized spacial score (nSPS) is 19.9. The first-order valence-corrected chi connectivity index (χ1v) is 8.14. The Kier molecular flexibility index (Phi) is 4.60. The number of urea groups is 1. The van der Waals surface area contributed by atoms with Crippen LogP contribution in [0.3, 0.4) is 0 Å². The number of hydrogen-bond acceptors (Lipinski definition) is 5. The average Bonchev–Trinajstić information content (AvgIpc) is 2.83. The van der Waals surface area contributed by atoms with E-state index in [4.69, 9.17) is 0 Å². The number of para-hydroxylation sites is 1. The lowest BCUT2D eigenvalue weighted by Crippen LogP contribution is -2.48. The van der Waals surface area contributed by atoms with Crippen LogP contribution in [-0.2, 0) is 4.79 Å². The fourth-order valence-electron chi connectivity index (χ4n) is 3.25. The van der Waals surface area contributed by atoms with Gasteiger partial charge in [0.15, 0.2) is 0 Å². The van der Waals surface area contributed by atoms with Crippen molar-refractivity contribution in [2.45, 2.75) is 37.6 Å². The monoisotopic (exact) mass is 342 g/mol. The molecule has 2 aliphatic rings. The van der Waals surface area contributed by atoms with E-state index in [0.717, 1.165) is 24.3 Å². The molecule has 0 aromatic heterocycles. The summed E-state index contributed by atoms with van der Waals surface area (Å²) in [5.41, 5.74) is -0.419. The van der Waals surface area contributed by atoms with E-state index < -0.39 is 16.5 Å². The lowest BCUT2D eigenvalue weighted by atomic mass is 9.82. The van der Waals surface area contributed by atoms with Gasteiger partial charge in [0, 0.05) is 12.3 Å². The van der Waals surface area contributed by atoms with Gasteiger partial charge in [0.05, 0.1) is 10.5 Å². The minimum atomic E-state index is -0.811. The van der Waals surface area contributed by atoms with E-state index in [9.17, 15) is 19.7 Å². The van der Waals surface area contributed by atoms with E-state index in [1.54, 1.807) is 18.2 Å². The molecule has 130 valence electrons. The molecule has 1 aromatic rings. The molecule has 1 saturated heterocycles. The summed E-state index contributed by atoms with van der Waals surface area (Å²) < 4.78 is 0. The number of allylic oxidation sites excluding steroid dienone is 1. The highest BCUT2D eigenvalue weighted by molar-refractivity contribution is 6.07. The summed E-state index contributed by atoms with van der Waals surface area (Å²) >= 11 is 0. The fourth-order valence-corrected chi connectivity index (χ4v) is 3.25. The molecule has 8 heteroatoms. The van der Waals surface area contributed by atoms with Crippen molar-refractivity contribution in [3.8, 4) is 0 Å². The highest BCUT2D eigenvalue weighted by Gasteiger charge is 2.51. The first-order chi connectivity index (χ1) is 12.0. The maximum Gasteiger partial charge on any atom is 0.346 e. The second-order valence-corrected chi connectivity index (χ2v) is 6.13. The summed E-state index contributed by atoms with van der Waals surface area (Å²) in [5, 5.41) is 18.5. The first-order valence-electron chi connectivity index (χ1n) is 8.14. The van der Waals surface area contributed by atoms with Crippen molar-refractivity contribution in [1.82, 2.24) is 10.3 Å². The second kappa shape index (κ2) is 6.84. The Morgan fingerprint density at radius 1 is 1.20 bits per heavy atom. The van der Waals surface area contributed by atoms with Crippen molar-refractivity contribution in [2.75, 3.05) is 0 Å².